The van der Waals surface area contributed by atoms with Crippen LogP contribution in [0.3, 0.4) is 0 Å². The highest BCUT2D eigenvalue weighted by atomic mass is 16.7. The number of hydrogen-bond acceptors (Lipinski definition) is 9. The Morgan fingerprint density at radius 2 is 0.935 bits per heavy atom. The van der Waals surface area contributed by atoms with E-state index in [1.165, 1.54) is 173 Å². The largest absolute Gasteiger partial charge is 0.457 e. The van der Waals surface area contributed by atoms with Crippen LogP contribution in [0.4, 0.5) is 0 Å². The Balaban J connectivity index is 2.20. The van der Waals surface area contributed by atoms with Crippen molar-refractivity contribution >= 4 is 5.97 Å². The number of allylic oxidation sites excluding steroid dienone is 6. The molecule has 0 amide bonds. The van der Waals surface area contributed by atoms with Gasteiger partial charge in [0.25, 0.3) is 0 Å². The lowest BCUT2D eigenvalue weighted by Crippen LogP contribution is -2.59. The van der Waals surface area contributed by atoms with Crippen molar-refractivity contribution < 1.29 is 44.2 Å². The van der Waals surface area contributed by atoms with E-state index in [4.69, 9.17) is 18.9 Å². The molecule has 9 nitrogen and oxygen atoms in total. The van der Waals surface area contributed by atoms with E-state index >= 15 is 0 Å². The van der Waals surface area contributed by atoms with Crippen LogP contribution in [0, 0.1) is 0 Å². The molecule has 0 bridgehead atoms. The lowest BCUT2D eigenvalue weighted by atomic mass is 9.99. The number of unbranched alkanes of at least 4 members (excludes halogenated alkanes) is 28. The van der Waals surface area contributed by atoms with Gasteiger partial charge in [0.15, 0.2) is 6.29 Å². The first-order chi connectivity index (χ1) is 30.4. The highest BCUT2D eigenvalue weighted by Crippen LogP contribution is 2.23. The Morgan fingerprint density at radius 1 is 0.516 bits per heavy atom. The van der Waals surface area contributed by atoms with Crippen LogP contribution in [0.2, 0.25) is 0 Å². The molecule has 1 aliphatic rings. The van der Waals surface area contributed by atoms with Crippen molar-refractivity contribution in [3.05, 3.63) is 36.5 Å². The first-order valence-corrected chi connectivity index (χ1v) is 26.1. The second kappa shape index (κ2) is 44.6. The van der Waals surface area contributed by atoms with Gasteiger partial charge in [-0.2, -0.15) is 0 Å². The molecule has 0 saturated carbocycles. The van der Waals surface area contributed by atoms with E-state index in [0.717, 1.165) is 38.5 Å². The molecule has 0 aliphatic carbocycles. The second-order valence-electron chi connectivity index (χ2n) is 18.0. The van der Waals surface area contributed by atoms with Crippen molar-refractivity contribution in [1.82, 2.24) is 0 Å². The molecule has 4 N–H and O–H groups in total. The van der Waals surface area contributed by atoms with Crippen molar-refractivity contribution in [3.8, 4) is 0 Å². The Labute approximate surface area is 380 Å². The van der Waals surface area contributed by atoms with Crippen LogP contribution in [-0.2, 0) is 23.7 Å². The fourth-order valence-electron chi connectivity index (χ4n) is 7.93. The molecule has 62 heavy (non-hydrogen) atoms. The molecule has 0 spiro atoms. The number of esters is 1. The lowest BCUT2D eigenvalue weighted by molar-refractivity contribution is -0.305. The highest BCUT2D eigenvalue weighted by Gasteiger charge is 2.44. The minimum atomic E-state index is -1.54. The van der Waals surface area contributed by atoms with Gasteiger partial charge in [-0.15, -0.1) is 0 Å². The van der Waals surface area contributed by atoms with E-state index in [0.29, 0.717) is 13.0 Å². The van der Waals surface area contributed by atoms with Crippen molar-refractivity contribution in [3.63, 3.8) is 0 Å². The van der Waals surface area contributed by atoms with Gasteiger partial charge in [-0.05, 0) is 70.6 Å². The zero-order chi connectivity index (χ0) is 45.0. The Hall–Kier alpha value is -1.59. The fourth-order valence-corrected chi connectivity index (χ4v) is 7.93. The molecule has 1 aliphatic heterocycles. The van der Waals surface area contributed by atoms with E-state index in [-0.39, 0.29) is 19.2 Å². The molecular weight excluding hydrogens is 781 g/mol. The molecule has 1 rings (SSSR count). The summed E-state index contributed by atoms with van der Waals surface area (Å²) in [7, 11) is 0. The van der Waals surface area contributed by atoms with Gasteiger partial charge in [0, 0.05) is 13.0 Å². The van der Waals surface area contributed by atoms with Gasteiger partial charge < -0.3 is 39.4 Å². The van der Waals surface area contributed by atoms with Gasteiger partial charge >= 0.3 is 5.97 Å². The molecule has 9 heteroatoms. The third kappa shape index (κ3) is 34.8. The van der Waals surface area contributed by atoms with E-state index in [1.54, 1.807) is 0 Å². The summed E-state index contributed by atoms with van der Waals surface area (Å²) in [5, 5.41) is 40.2. The number of aliphatic hydroxyl groups is 4. The highest BCUT2D eigenvalue weighted by molar-refractivity contribution is 5.69. The zero-order valence-electron chi connectivity index (χ0n) is 40.1. The predicted octanol–water partition coefficient (Wildman–Crippen LogP) is 12.7. The summed E-state index contributed by atoms with van der Waals surface area (Å²) >= 11 is 0. The smallest absolute Gasteiger partial charge is 0.306 e. The minimum absolute atomic E-state index is 0.115. The van der Waals surface area contributed by atoms with Gasteiger partial charge in [-0.25, -0.2) is 0 Å². The van der Waals surface area contributed by atoms with Crippen LogP contribution in [-0.4, -0.2) is 89.6 Å². The molecule has 0 aromatic heterocycles. The monoisotopic (exact) mass is 879 g/mol. The average Bonchev–Trinajstić information content (AvgIpc) is 3.27. The number of ether oxygens (including phenoxy) is 4. The fraction of sp³-hybridized carbons (Fsp3) is 0.868. The maximum absolute atomic E-state index is 12.8. The van der Waals surface area contributed by atoms with Crippen molar-refractivity contribution in [2.24, 2.45) is 0 Å². The van der Waals surface area contributed by atoms with Crippen molar-refractivity contribution in [1.29, 1.82) is 0 Å². The maximum Gasteiger partial charge on any atom is 0.306 e. The molecule has 6 atom stereocenters. The zero-order valence-corrected chi connectivity index (χ0v) is 40.1. The molecule has 1 fully saturated rings. The van der Waals surface area contributed by atoms with Gasteiger partial charge in [-0.1, -0.05) is 192 Å². The van der Waals surface area contributed by atoms with Crippen molar-refractivity contribution in [2.45, 2.75) is 269 Å². The number of carbonyl (C=O) groups excluding carboxylic acids is 1. The van der Waals surface area contributed by atoms with E-state index in [9.17, 15) is 25.2 Å². The standard InChI is InChI=1S/C53H98O9/c1-3-5-7-9-11-13-15-17-19-21-23-24-25-26-28-30-32-34-36-38-40-42-49(55)61-47(46-60-53-52(58)51(57)50(56)48(44-54)62-53)45-59-43-41-39-37-35-33-31-29-27-22-20-18-16-14-12-10-8-6-4-2/h15,17-18,20-21,23,47-48,50-54,56-58H,3-14,16,19,22,24-46H2,1-2H3/b17-15-,20-18-,23-21-. The third-order valence-corrected chi connectivity index (χ3v) is 12.0. The summed E-state index contributed by atoms with van der Waals surface area (Å²) in [6, 6.07) is 0. The lowest BCUT2D eigenvalue weighted by Gasteiger charge is -2.39. The van der Waals surface area contributed by atoms with Gasteiger partial charge in [-0.3, -0.25) is 4.79 Å². The Kier molecular flexibility index (Phi) is 42.0. The topological polar surface area (TPSA) is 135 Å². The summed E-state index contributed by atoms with van der Waals surface area (Å²) in [6.45, 7) is 4.56. The second-order valence-corrected chi connectivity index (χ2v) is 18.0. The van der Waals surface area contributed by atoms with E-state index < -0.39 is 43.4 Å². The SMILES string of the molecule is CCCCCCC/C=C\C/C=C\CCCCCCCCCCCC(=O)OC(COCCCCCCCCCC/C=C\CCCCCCCC)COC1OC(CO)C(O)C(O)C1O. The molecule has 0 aromatic carbocycles. The summed E-state index contributed by atoms with van der Waals surface area (Å²) in [4.78, 5) is 12.8. The van der Waals surface area contributed by atoms with E-state index in [1.807, 2.05) is 0 Å². The predicted molar refractivity (Wildman–Crippen MR) is 256 cm³/mol. The quantitative estimate of drug-likeness (QED) is 0.0268. The van der Waals surface area contributed by atoms with Gasteiger partial charge in [0.1, 0.15) is 30.5 Å². The summed E-state index contributed by atoms with van der Waals surface area (Å²) in [5.74, 6) is -0.317. The molecule has 6 unspecified atom stereocenters. The number of rotatable bonds is 45. The number of aliphatic hydroxyl groups excluding tert-OH is 4. The van der Waals surface area contributed by atoms with Gasteiger partial charge in [0.2, 0.25) is 0 Å². The van der Waals surface area contributed by atoms with Crippen LogP contribution in [0.25, 0.3) is 0 Å². The maximum atomic E-state index is 12.8. The summed E-state index contributed by atoms with van der Waals surface area (Å²) in [5.41, 5.74) is 0. The Bertz CT molecular complexity index is 1050. The van der Waals surface area contributed by atoms with Crippen LogP contribution in [0.5, 0.6) is 0 Å². The van der Waals surface area contributed by atoms with Crippen LogP contribution in [0.1, 0.15) is 232 Å². The van der Waals surface area contributed by atoms with Crippen LogP contribution in [0.15, 0.2) is 36.5 Å². The summed E-state index contributed by atoms with van der Waals surface area (Å²) in [6.07, 6.45) is 47.4. The first-order valence-electron chi connectivity index (χ1n) is 26.1. The molecule has 1 heterocycles. The van der Waals surface area contributed by atoms with Crippen molar-refractivity contribution in [2.75, 3.05) is 26.4 Å². The third-order valence-electron chi connectivity index (χ3n) is 12.0. The normalized spacial score (nSPS) is 20.0. The molecule has 1 saturated heterocycles. The van der Waals surface area contributed by atoms with Gasteiger partial charge in [0.05, 0.1) is 19.8 Å². The number of carbonyl (C=O) groups is 1. The number of hydrogen-bond donors (Lipinski definition) is 4. The van der Waals surface area contributed by atoms with Crippen LogP contribution >= 0.6 is 0 Å². The molecule has 0 radical (unpaired) electrons. The molecule has 364 valence electrons. The minimum Gasteiger partial charge on any atom is -0.457 e. The summed E-state index contributed by atoms with van der Waals surface area (Å²) < 4.78 is 22.9. The first kappa shape index (κ1) is 58.4. The van der Waals surface area contributed by atoms with E-state index in [2.05, 4.69) is 50.3 Å². The molecular formula is C53H98O9. The average molecular weight is 879 g/mol. The molecule has 0 aromatic rings. The Morgan fingerprint density at radius 3 is 1.40 bits per heavy atom. The van der Waals surface area contributed by atoms with Crippen LogP contribution < -0.4 is 0 Å².